The highest BCUT2D eigenvalue weighted by Gasteiger charge is 2.19. The molecule has 1 aromatic heterocycles. The van der Waals surface area contributed by atoms with Crippen LogP contribution in [0.1, 0.15) is 11.8 Å². The van der Waals surface area contributed by atoms with Crippen molar-refractivity contribution in [2.24, 2.45) is 5.73 Å². The van der Waals surface area contributed by atoms with Crippen molar-refractivity contribution in [1.82, 2.24) is 4.98 Å². The summed E-state index contributed by atoms with van der Waals surface area (Å²) in [5.41, 5.74) is 5.77. The summed E-state index contributed by atoms with van der Waals surface area (Å²) in [5, 5.41) is 0. The minimum atomic E-state index is -0.836. The molecule has 0 fully saturated rings. The predicted molar refractivity (Wildman–Crippen MR) is 64.8 cm³/mol. The third-order valence-corrected chi connectivity index (χ3v) is 2.16. The first-order chi connectivity index (χ1) is 8.75. The highest BCUT2D eigenvalue weighted by molar-refractivity contribution is 5.79. The van der Waals surface area contributed by atoms with E-state index in [0.29, 0.717) is 25.5 Å². The molecule has 0 spiro atoms. The molecule has 0 aliphatic carbocycles. The van der Waals surface area contributed by atoms with E-state index in [4.69, 9.17) is 19.9 Å². The lowest BCUT2D eigenvalue weighted by atomic mass is 10.2. The number of carbonyl (C=O) groups excluding carboxylic acids is 1. The first kappa shape index (κ1) is 14.6. The van der Waals surface area contributed by atoms with E-state index in [1.54, 1.807) is 31.5 Å². The molecule has 0 aliphatic rings. The molecule has 0 bridgehead atoms. The number of pyridine rings is 1. The van der Waals surface area contributed by atoms with E-state index in [1.807, 2.05) is 0 Å². The number of nitrogens with two attached hydrogens (primary N) is 1. The molecule has 1 aromatic rings. The number of aromatic nitrogens is 1. The molecule has 0 saturated heterocycles. The monoisotopic (exact) mass is 254 g/mol. The number of ether oxygens (including phenoxy) is 3. The SMILES string of the molecule is COCCOCCOC(C(N)=O)c1ccccn1. The van der Waals surface area contributed by atoms with Gasteiger partial charge in [-0.2, -0.15) is 0 Å². The van der Waals surface area contributed by atoms with Gasteiger partial charge in [-0.25, -0.2) is 0 Å². The predicted octanol–water partition coefficient (Wildman–Crippen LogP) is 0.288. The number of methoxy groups -OCH3 is 1. The Hall–Kier alpha value is -1.50. The van der Waals surface area contributed by atoms with Crippen LogP contribution in [0.4, 0.5) is 0 Å². The van der Waals surface area contributed by atoms with Crippen LogP contribution >= 0.6 is 0 Å². The Morgan fingerprint density at radius 1 is 1.33 bits per heavy atom. The van der Waals surface area contributed by atoms with Gasteiger partial charge in [-0.15, -0.1) is 0 Å². The van der Waals surface area contributed by atoms with Gasteiger partial charge < -0.3 is 19.9 Å². The van der Waals surface area contributed by atoms with Crippen molar-refractivity contribution in [3.8, 4) is 0 Å². The number of carbonyl (C=O) groups is 1. The zero-order valence-electron chi connectivity index (χ0n) is 10.4. The van der Waals surface area contributed by atoms with Gasteiger partial charge in [0.2, 0.25) is 0 Å². The number of hydrogen-bond acceptors (Lipinski definition) is 5. The minimum absolute atomic E-state index is 0.272. The second-order valence-electron chi connectivity index (χ2n) is 3.51. The Labute approximate surface area is 106 Å². The fourth-order valence-corrected chi connectivity index (χ4v) is 1.31. The van der Waals surface area contributed by atoms with E-state index < -0.39 is 12.0 Å². The first-order valence-corrected chi connectivity index (χ1v) is 5.64. The molecule has 0 radical (unpaired) electrons. The Balaban J connectivity index is 2.34. The van der Waals surface area contributed by atoms with E-state index >= 15 is 0 Å². The maximum atomic E-state index is 11.3. The van der Waals surface area contributed by atoms with Crippen molar-refractivity contribution in [2.75, 3.05) is 33.5 Å². The van der Waals surface area contributed by atoms with Gasteiger partial charge in [0.25, 0.3) is 5.91 Å². The van der Waals surface area contributed by atoms with Gasteiger partial charge in [0.1, 0.15) is 0 Å². The van der Waals surface area contributed by atoms with E-state index in [-0.39, 0.29) is 6.61 Å². The summed E-state index contributed by atoms with van der Waals surface area (Å²) < 4.78 is 15.4. The molecule has 0 aromatic carbocycles. The molecular formula is C12H18N2O4. The minimum Gasteiger partial charge on any atom is -0.382 e. The molecule has 6 heteroatoms. The number of nitrogens with zero attached hydrogens (tertiary/aromatic N) is 1. The van der Waals surface area contributed by atoms with Crippen LogP contribution in [0, 0.1) is 0 Å². The highest BCUT2D eigenvalue weighted by atomic mass is 16.5. The second kappa shape index (κ2) is 8.57. The molecule has 6 nitrogen and oxygen atoms in total. The maximum Gasteiger partial charge on any atom is 0.252 e. The van der Waals surface area contributed by atoms with Gasteiger partial charge in [0.15, 0.2) is 6.10 Å². The van der Waals surface area contributed by atoms with Crippen molar-refractivity contribution in [3.05, 3.63) is 30.1 Å². The average molecular weight is 254 g/mol. The van der Waals surface area contributed by atoms with Gasteiger partial charge in [-0.05, 0) is 12.1 Å². The van der Waals surface area contributed by atoms with E-state index in [9.17, 15) is 4.79 Å². The zero-order chi connectivity index (χ0) is 13.2. The van der Waals surface area contributed by atoms with Gasteiger partial charge in [0.05, 0.1) is 32.1 Å². The van der Waals surface area contributed by atoms with Gasteiger partial charge in [-0.3, -0.25) is 9.78 Å². The lowest BCUT2D eigenvalue weighted by Crippen LogP contribution is -2.26. The summed E-state index contributed by atoms with van der Waals surface area (Å²) in [6, 6.07) is 5.23. The van der Waals surface area contributed by atoms with E-state index in [1.165, 1.54) is 0 Å². The van der Waals surface area contributed by atoms with Crippen LogP contribution in [-0.4, -0.2) is 44.4 Å². The third-order valence-electron chi connectivity index (χ3n) is 2.16. The number of amides is 1. The Bertz CT molecular complexity index is 345. The van der Waals surface area contributed by atoms with Crippen LogP contribution in [0.3, 0.4) is 0 Å². The average Bonchev–Trinajstić information content (AvgIpc) is 2.38. The fraction of sp³-hybridized carbons (Fsp3) is 0.500. The second-order valence-corrected chi connectivity index (χ2v) is 3.51. The topological polar surface area (TPSA) is 83.7 Å². The van der Waals surface area contributed by atoms with Crippen molar-refractivity contribution in [3.63, 3.8) is 0 Å². The molecule has 18 heavy (non-hydrogen) atoms. The van der Waals surface area contributed by atoms with Gasteiger partial charge in [0, 0.05) is 13.3 Å². The Kier molecular flexibility index (Phi) is 6.93. The van der Waals surface area contributed by atoms with Crippen molar-refractivity contribution in [2.45, 2.75) is 6.10 Å². The Morgan fingerprint density at radius 2 is 2.11 bits per heavy atom. The normalized spacial score (nSPS) is 12.3. The van der Waals surface area contributed by atoms with Crippen LogP contribution in [0.15, 0.2) is 24.4 Å². The molecular weight excluding hydrogens is 236 g/mol. The first-order valence-electron chi connectivity index (χ1n) is 5.64. The van der Waals surface area contributed by atoms with Gasteiger partial charge >= 0.3 is 0 Å². The summed E-state index contributed by atoms with van der Waals surface area (Å²) >= 11 is 0. The van der Waals surface area contributed by atoms with E-state index in [2.05, 4.69) is 4.98 Å². The van der Waals surface area contributed by atoms with Crippen LogP contribution < -0.4 is 5.73 Å². The number of rotatable bonds is 9. The van der Waals surface area contributed by atoms with Crippen LogP contribution in [-0.2, 0) is 19.0 Å². The van der Waals surface area contributed by atoms with Crippen LogP contribution in [0.25, 0.3) is 0 Å². The quantitative estimate of drug-likeness (QED) is 0.640. The van der Waals surface area contributed by atoms with Crippen molar-refractivity contribution in [1.29, 1.82) is 0 Å². The van der Waals surface area contributed by atoms with Crippen molar-refractivity contribution >= 4 is 5.91 Å². The summed E-state index contributed by atoms with van der Waals surface area (Å²) in [6.07, 6.45) is 0.751. The molecule has 1 heterocycles. The summed E-state index contributed by atoms with van der Waals surface area (Å²) in [4.78, 5) is 15.3. The van der Waals surface area contributed by atoms with Crippen LogP contribution in [0.5, 0.6) is 0 Å². The van der Waals surface area contributed by atoms with Crippen LogP contribution in [0.2, 0.25) is 0 Å². The lowest BCUT2D eigenvalue weighted by Gasteiger charge is -2.13. The summed E-state index contributed by atoms with van der Waals surface area (Å²) in [7, 11) is 1.60. The number of hydrogen-bond donors (Lipinski definition) is 1. The fourth-order valence-electron chi connectivity index (χ4n) is 1.31. The highest BCUT2D eigenvalue weighted by Crippen LogP contribution is 2.13. The Morgan fingerprint density at radius 3 is 2.72 bits per heavy atom. The molecule has 1 rings (SSSR count). The maximum absolute atomic E-state index is 11.3. The zero-order valence-corrected chi connectivity index (χ0v) is 10.4. The standard InChI is InChI=1S/C12H18N2O4/c1-16-6-7-17-8-9-18-11(12(13)15)10-4-2-3-5-14-10/h2-5,11H,6-9H2,1H3,(H2,13,15). The van der Waals surface area contributed by atoms with E-state index in [0.717, 1.165) is 0 Å². The molecule has 2 N–H and O–H groups in total. The molecule has 100 valence electrons. The third kappa shape index (κ3) is 5.22. The largest absolute Gasteiger partial charge is 0.382 e. The molecule has 1 atom stereocenters. The molecule has 1 unspecified atom stereocenters. The molecule has 0 aliphatic heterocycles. The van der Waals surface area contributed by atoms with Gasteiger partial charge in [-0.1, -0.05) is 6.07 Å². The number of primary amides is 1. The smallest absolute Gasteiger partial charge is 0.252 e. The lowest BCUT2D eigenvalue weighted by molar-refractivity contribution is -0.131. The summed E-state index contributed by atoms with van der Waals surface area (Å²) in [5.74, 6) is -0.564. The summed E-state index contributed by atoms with van der Waals surface area (Å²) in [6.45, 7) is 1.66. The van der Waals surface area contributed by atoms with Crippen molar-refractivity contribution < 1.29 is 19.0 Å². The molecule has 1 amide bonds. The molecule has 0 saturated carbocycles.